The van der Waals surface area contributed by atoms with Crippen molar-refractivity contribution in [2.45, 2.75) is 20.8 Å². The van der Waals surface area contributed by atoms with Gasteiger partial charge in [-0.1, -0.05) is 36.4 Å². The minimum atomic E-state index is -0.878. The van der Waals surface area contributed by atoms with Crippen molar-refractivity contribution in [3.05, 3.63) is 98.3 Å². The van der Waals surface area contributed by atoms with Gasteiger partial charge in [-0.3, -0.25) is 25.2 Å². The fraction of sp³-hybridized carbons (Fsp3) is 0.179. The lowest BCUT2D eigenvalue weighted by Gasteiger charge is -2.23. The number of furan rings is 1. The summed E-state index contributed by atoms with van der Waals surface area (Å²) in [5.41, 5.74) is 3.66. The van der Waals surface area contributed by atoms with Crippen LogP contribution >= 0.6 is 0 Å². The van der Waals surface area contributed by atoms with E-state index in [2.05, 4.69) is 15.8 Å². The van der Waals surface area contributed by atoms with Crippen LogP contribution in [-0.4, -0.2) is 34.5 Å². The van der Waals surface area contributed by atoms with Gasteiger partial charge in [0.25, 0.3) is 17.4 Å². The second kappa shape index (κ2) is 10.3. The number of nitrogens with one attached hydrogen (secondary N) is 2. The largest absolute Gasteiger partial charge is 0.442 e. The molecule has 0 aliphatic carbocycles. The molecule has 2 N–H and O–H groups in total. The second-order valence-corrected chi connectivity index (χ2v) is 8.67. The van der Waals surface area contributed by atoms with Gasteiger partial charge in [0.2, 0.25) is 11.7 Å². The van der Waals surface area contributed by atoms with E-state index in [1.165, 1.54) is 17.6 Å². The summed E-state index contributed by atoms with van der Waals surface area (Å²) in [6, 6.07) is 17.1. The smallest absolute Gasteiger partial charge is 0.349 e. The summed E-state index contributed by atoms with van der Waals surface area (Å²) < 4.78 is 12.4. The van der Waals surface area contributed by atoms with E-state index >= 15 is 0 Å². The molecule has 5 aromatic rings. The lowest BCUT2D eigenvalue weighted by molar-refractivity contribution is 0.0844. The molecule has 0 aliphatic heterocycles. The zero-order valence-electron chi connectivity index (χ0n) is 21.5. The van der Waals surface area contributed by atoms with Gasteiger partial charge in [0.1, 0.15) is 22.3 Å². The monoisotopic (exact) mass is 527 g/mol. The number of hydrogen-bond acceptors (Lipinski definition) is 8. The lowest BCUT2D eigenvalue weighted by atomic mass is 10.1. The number of nitrogens with zero attached hydrogens (tertiary/aromatic N) is 3. The number of hydrogen-bond donors (Lipinski definition) is 2. The standard InChI is InChI=1S/C28H25N5O6/c1-4-32(5-2)28-29-25-22(26(36)33(28)18-12-7-6-8-13-18)21(16(3)38-25)24(35)31-30-23(34)19-15-17-11-9-10-14-20(17)39-27(19)37/h6-15H,4-5H2,1-3H3,(H,30,34)(H,31,35). The third-order valence-corrected chi connectivity index (χ3v) is 6.35. The van der Waals surface area contributed by atoms with Gasteiger partial charge >= 0.3 is 5.63 Å². The second-order valence-electron chi connectivity index (χ2n) is 8.67. The quantitative estimate of drug-likeness (QED) is 0.253. The zero-order chi connectivity index (χ0) is 27.7. The Kier molecular flexibility index (Phi) is 6.72. The molecule has 3 heterocycles. The van der Waals surface area contributed by atoms with Gasteiger partial charge in [0, 0.05) is 18.5 Å². The summed E-state index contributed by atoms with van der Waals surface area (Å²) in [5.74, 6) is -1.17. The van der Waals surface area contributed by atoms with Crippen molar-refractivity contribution < 1.29 is 18.4 Å². The normalized spacial score (nSPS) is 11.1. The van der Waals surface area contributed by atoms with Gasteiger partial charge < -0.3 is 13.7 Å². The molecule has 11 nitrogen and oxygen atoms in total. The molecule has 2 amide bonds. The van der Waals surface area contributed by atoms with Crippen molar-refractivity contribution >= 4 is 39.8 Å². The highest BCUT2D eigenvalue weighted by molar-refractivity contribution is 6.07. The molecule has 0 aliphatic rings. The molecule has 198 valence electrons. The molecule has 0 spiro atoms. The van der Waals surface area contributed by atoms with E-state index in [1.54, 1.807) is 48.5 Å². The molecule has 0 atom stereocenters. The number of anilines is 1. The lowest BCUT2D eigenvalue weighted by Crippen LogP contribution is -2.43. The highest BCUT2D eigenvalue weighted by Crippen LogP contribution is 2.25. The molecule has 0 saturated heterocycles. The average molecular weight is 528 g/mol. The van der Waals surface area contributed by atoms with Crippen molar-refractivity contribution in [2.24, 2.45) is 0 Å². The van der Waals surface area contributed by atoms with Crippen LogP contribution in [-0.2, 0) is 0 Å². The van der Waals surface area contributed by atoms with Crippen molar-refractivity contribution in [3.63, 3.8) is 0 Å². The number of hydrazine groups is 1. The molecule has 0 fully saturated rings. The van der Waals surface area contributed by atoms with Crippen LogP contribution in [0, 0.1) is 6.92 Å². The third kappa shape index (κ3) is 4.54. The summed E-state index contributed by atoms with van der Waals surface area (Å²) in [6.07, 6.45) is 0. The van der Waals surface area contributed by atoms with Crippen LogP contribution in [0.4, 0.5) is 5.95 Å². The van der Waals surface area contributed by atoms with E-state index in [0.29, 0.717) is 35.7 Å². The van der Waals surface area contributed by atoms with Crippen LogP contribution in [0.5, 0.6) is 0 Å². The van der Waals surface area contributed by atoms with Crippen molar-refractivity contribution in [2.75, 3.05) is 18.0 Å². The summed E-state index contributed by atoms with van der Waals surface area (Å²) in [6.45, 7) is 6.59. The van der Waals surface area contributed by atoms with Crippen LogP contribution in [0.3, 0.4) is 0 Å². The van der Waals surface area contributed by atoms with Crippen LogP contribution in [0.1, 0.15) is 40.3 Å². The molecule has 11 heteroatoms. The fourth-order valence-corrected chi connectivity index (χ4v) is 4.42. The molecule has 0 unspecified atom stereocenters. The molecule has 5 rings (SSSR count). The number of carbonyl (C=O) groups is 2. The summed E-state index contributed by atoms with van der Waals surface area (Å²) >= 11 is 0. The first-order chi connectivity index (χ1) is 18.8. The number of aryl methyl sites for hydroxylation is 1. The number of aromatic nitrogens is 2. The summed E-state index contributed by atoms with van der Waals surface area (Å²) in [7, 11) is 0. The Labute approximate surface area is 221 Å². The topological polar surface area (TPSA) is 140 Å². The molecule has 0 saturated carbocycles. The van der Waals surface area contributed by atoms with Crippen molar-refractivity contribution in [1.82, 2.24) is 20.4 Å². The molecule has 2 aromatic carbocycles. The van der Waals surface area contributed by atoms with Gasteiger partial charge in [-0.15, -0.1) is 0 Å². The first-order valence-corrected chi connectivity index (χ1v) is 12.3. The van der Waals surface area contributed by atoms with Gasteiger partial charge in [-0.2, -0.15) is 4.98 Å². The Bertz CT molecular complexity index is 1830. The van der Waals surface area contributed by atoms with Gasteiger partial charge in [-0.25, -0.2) is 9.36 Å². The zero-order valence-corrected chi connectivity index (χ0v) is 21.5. The number of benzene rings is 2. The van der Waals surface area contributed by atoms with Crippen LogP contribution in [0.15, 0.2) is 79.1 Å². The first kappa shape index (κ1) is 25.5. The Morgan fingerprint density at radius 1 is 0.923 bits per heavy atom. The van der Waals surface area contributed by atoms with E-state index in [-0.39, 0.29) is 28.0 Å². The summed E-state index contributed by atoms with van der Waals surface area (Å²) in [5, 5.41) is 0.506. The maximum atomic E-state index is 13.9. The highest BCUT2D eigenvalue weighted by atomic mass is 16.4. The Morgan fingerprint density at radius 2 is 1.59 bits per heavy atom. The first-order valence-electron chi connectivity index (χ1n) is 12.3. The van der Waals surface area contributed by atoms with Crippen LogP contribution in [0.25, 0.3) is 27.8 Å². The Balaban J connectivity index is 1.53. The van der Waals surface area contributed by atoms with Crippen LogP contribution in [0.2, 0.25) is 0 Å². The number of carbonyl (C=O) groups excluding carboxylic acids is 2. The number of amides is 2. The van der Waals surface area contributed by atoms with Gasteiger partial charge in [-0.05, 0) is 45.0 Å². The molecule has 39 heavy (non-hydrogen) atoms. The van der Waals surface area contributed by atoms with Crippen molar-refractivity contribution in [3.8, 4) is 5.69 Å². The predicted molar refractivity (Wildman–Crippen MR) is 145 cm³/mol. The Hall–Kier alpha value is -5.19. The minimum Gasteiger partial charge on any atom is -0.442 e. The van der Waals surface area contributed by atoms with E-state index in [0.717, 1.165) is 0 Å². The van der Waals surface area contributed by atoms with Crippen molar-refractivity contribution in [1.29, 1.82) is 0 Å². The maximum absolute atomic E-state index is 13.9. The highest BCUT2D eigenvalue weighted by Gasteiger charge is 2.27. The van der Waals surface area contributed by atoms with Gasteiger partial charge in [0.15, 0.2) is 0 Å². The predicted octanol–water partition coefficient (Wildman–Crippen LogP) is 3.31. The van der Waals surface area contributed by atoms with Gasteiger partial charge in [0.05, 0.1) is 11.3 Å². The van der Waals surface area contributed by atoms with E-state index in [4.69, 9.17) is 8.83 Å². The van der Waals surface area contributed by atoms with E-state index in [1.807, 2.05) is 24.8 Å². The molecule has 0 radical (unpaired) electrons. The third-order valence-electron chi connectivity index (χ3n) is 6.35. The molecule has 3 aromatic heterocycles. The maximum Gasteiger partial charge on any atom is 0.349 e. The fourth-order valence-electron chi connectivity index (χ4n) is 4.42. The number of para-hydroxylation sites is 2. The molecular formula is C28H25N5O6. The average Bonchev–Trinajstić information content (AvgIpc) is 3.28. The molecular weight excluding hydrogens is 502 g/mol. The van der Waals surface area contributed by atoms with Crippen LogP contribution < -0.4 is 26.9 Å². The van der Waals surface area contributed by atoms with E-state index < -0.39 is 23.0 Å². The Morgan fingerprint density at radius 3 is 2.31 bits per heavy atom. The minimum absolute atomic E-state index is 0.00164. The number of rotatable bonds is 6. The molecule has 0 bridgehead atoms. The SMILES string of the molecule is CCN(CC)c1nc2oc(C)c(C(=O)NNC(=O)c3cc4ccccc4oc3=O)c2c(=O)n1-c1ccccc1. The summed E-state index contributed by atoms with van der Waals surface area (Å²) in [4.78, 5) is 58.7. The number of fused-ring (bicyclic) bond motifs is 2. The van der Waals surface area contributed by atoms with E-state index in [9.17, 15) is 19.2 Å².